The minimum Gasteiger partial charge on any atom is -0.472 e. The van der Waals surface area contributed by atoms with Crippen LogP contribution in [0.5, 0.6) is 0 Å². The van der Waals surface area contributed by atoms with Crippen LogP contribution in [0.2, 0.25) is 0 Å². The minimum atomic E-state index is -3.66. The Morgan fingerprint density at radius 1 is 1.27 bits per heavy atom. The summed E-state index contributed by atoms with van der Waals surface area (Å²) in [5, 5.41) is 9.84. The lowest BCUT2D eigenvalue weighted by Gasteiger charge is -2.10. The molecule has 7 heteroatoms. The molecule has 1 heterocycles. The van der Waals surface area contributed by atoms with Crippen LogP contribution in [0.3, 0.4) is 0 Å². The first-order valence-corrected chi connectivity index (χ1v) is 8.19. The summed E-state index contributed by atoms with van der Waals surface area (Å²) in [6.45, 7) is 1.50. The topological polar surface area (TPSA) is 96.6 Å². The van der Waals surface area contributed by atoms with Crippen LogP contribution < -0.4 is 4.72 Å². The summed E-state index contributed by atoms with van der Waals surface area (Å²) in [5.41, 5.74) is 1.05. The van der Waals surface area contributed by atoms with Crippen LogP contribution in [0.15, 0.2) is 52.2 Å². The van der Waals surface area contributed by atoms with Gasteiger partial charge in [0.1, 0.15) is 0 Å². The Morgan fingerprint density at radius 3 is 2.50 bits per heavy atom. The first-order chi connectivity index (χ1) is 10.4. The van der Waals surface area contributed by atoms with Gasteiger partial charge in [0, 0.05) is 17.7 Å². The van der Waals surface area contributed by atoms with Crippen molar-refractivity contribution in [2.45, 2.75) is 24.3 Å². The number of ketones is 1. The van der Waals surface area contributed by atoms with E-state index in [2.05, 4.69) is 4.72 Å². The lowest BCUT2D eigenvalue weighted by molar-refractivity contribution is 0.101. The van der Waals surface area contributed by atoms with Gasteiger partial charge in [0.2, 0.25) is 10.0 Å². The molecule has 0 aliphatic carbocycles. The molecule has 1 aromatic heterocycles. The van der Waals surface area contributed by atoms with Crippen molar-refractivity contribution in [1.29, 1.82) is 0 Å². The summed E-state index contributed by atoms with van der Waals surface area (Å²) in [7, 11) is -3.66. The molecule has 6 nitrogen and oxygen atoms in total. The van der Waals surface area contributed by atoms with Crippen molar-refractivity contribution >= 4 is 15.8 Å². The normalized spacial score (nSPS) is 13.0. The van der Waals surface area contributed by atoms with Crippen molar-refractivity contribution in [3.63, 3.8) is 0 Å². The number of carbonyl (C=O) groups is 1. The number of benzene rings is 1. The Morgan fingerprint density at radius 2 is 1.95 bits per heavy atom. The van der Waals surface area contributed by atoms with Crippen molar-refractivity contribution in [3.8, 4) is 0 Å². The maximum absolute atomic E-state index is 12.1. The molecule has 0 fully saturated rings. The van der Waals surface area contributed by atoms with Crippen molar-refractivity contribution in [3.05, 3.63) is 54.0 Å². The zero-order valence-corrected chi connectivity index (χ0v) is 12.8. The van der Waals surface area contributed by atoms with Gasteiger partial charge in [-0.3, -0.25) is 4.79 Å². The van der Waals surface area contributed by atoms with E-state index < -0.39 is 16.1 Å². The number of aliphatic hydroxyl groups is 1. The summed E-state index contributed by atoms with van der Waals surface area (Å²) in [4.78, 5) is 11.2. The van der Waals surface area contributed by atoms with Crippen LogP contribution in [0.4, 0.5) is 0 Å². The Balaban J connectivity index is 1.95. The van der Waals surface area contributed by atoms with E-state index in [0.717, 1.165) is 0 Å². The number of aliphatic hydroxyl groups excluding tert-OH is 1. The average molecular weight is 323 g/mol. The van der Waals surface area contributed by atoms with Gasteiger partial charge < -0.3 is 9.52 Å². The molecule has 118 valence electrons. The molecule has 0 spiro atoms. The maximum atomic E-state index is 12.1. The van der Waals surface area contributed by atoms with E-state index in [1.165, 1.54) is 43.7 Å². The number of hydrogen-bond acceptors (Lipinski definition) is 5. The molecule has 0 saturated carbocycles. The molecule has 0 saturated heterocycles. The standard InChI is InChI=1S/C15H17NO5S/c1-11(17)12-2-4-14(5-3-12)22(19,20)16-8-6-15(18)13-7-9-21-10-13/h2-5,7,9-10,15-16,18H,6,8H2,1H3/t15-/m1/s1. The van der Waals surface area contributed by atoms with Crippen molar-refractivity contribution in [2.75, 3.05) is 6.54 Å². The molecule has 1 atom stereocenters. The number of nitrogens with one attached hydrogen (secondary N) is 1. The summed E-state index contributed by atoms with van der Waals surface area (Å²) in [6, 6.07) is 7.32. The number of rotatable bonds is 7. The van der Waals surface area contributed by atoms with Crippen molar-refractivity contribution < 1.29 is 22.7 Å². The van der Waals surface area contributed by atoms with Crippen molar-refractivity contribution in [1.82, 2.24) is 4.72 Å². The van der Waals surface area contributed by atoms with Gasteiger partial charge in [-0.15, -0.1) is 0 Å². The Bertz CT molecular complexity index is 720. The van der Waals surface area contributed by atoms with Crippen molar-refractivity contribution in [2.24, 2.45) is 0 Å². The third-order valence-corrected chi connectivity index (χ3v) is 4.69. The summed E-state index contributed by atoms with van der Waals surface area (Å²) < 4.78 is 31.4. The monoisotopic (exact) mass is 323 g/mol. The van der Waals surface area contributed by atoms with Gasteiger partial charge in [0.15, 0.2) is 5.78 Å². The van der Waals surface area contributed by atoms with Crippen LogP contribution in [-0.4, -0.2) is 25.9 Å². The maximum Gasteiger partial charge on any atom is 0.240 e. The highest BCUT2D eigenvalue weighted by molar-refractivity contribution is 7.89. The van der Waals surface area contributed by atoms with E-state index in [9.17, 15) is 18.3 Å². The predicted molar refractivity (Wildman–Crippen MR) is 79.9 cm³/mol. The van der Waals surface area contributed by atoms with Crippen LogP contribution in [0.1, 0.15) is 35.4 Å². The molecule has 0 amide bonds. The first-order valence-electron chi connectivity index (χ1n) is 6.71. The number of Topliss-reactive ketones (excluding diaryl/α,β-unsaturated/α-hetero) is 1. The van der Waals surface area contributed by atoms with Gasteiger partial charge >= 0.3 is 0 Å². The number of carbonyl (C=O) groups excluding carboxylic acids is 1. The van der Waals surface area contributed by atoms with E-state index in [0.29, 0.717) is 11.1 Å². The molecular weight excluding hydrogens is 306 g/mol. The van der Waals surface area contributed by atoms with Gasteiger partial charge in [0.05, 0.1) is 23.5 Å². The number of hydrogen-bond donors (Lipinski definition) is 2. The molecular formula is C15H17NO5S. The zero-order chi connectivity index (χ0) is 16.2. The highest BCUT2D eigenvalue weighted by Crippen LogP contribution is 2.17. The second kappa shape index (κ2) is 6.87. The molecule has 0 bridgehead atoms. The molecule has 0 aliphatic rings. The summed E-state index contributed by atoms with van der Waals surface area (Å²) in [6.07, 6.45) is 2.30. The highest BCUT2D eigenvalue weighted by atomic mass is 32.2. The third-order valence-electron chi connectivity index (χ3n) is 3.21. The fourth-order valence-electron chi connectivity index (χ4n) is 1.91. The summed E-state index contributed by atoms with van der Waals surface area (Å²) >= 11 is 0. The highest BCUT2D eigenvalue weighted by Gasteiger charge is 2.15. The largest absolute Gasteiger partial charge is 0.472 e. The molecule has 22 heavy (non-hydrogen) atoms. The van der Waals surface area contributed by atoms with Gasteiger partial charge in [0.25, 0.3) is 0 Å². The molecule has 2 rings (SSSR count). The quantitative estimate of drug-likeness (QED) is 0.758. The number of furan rings is 1. The molecule has 2 N–H and O–H groups in total. The van der Waals surface area contributed by atoms with Crippen LogP contribution >= 0.6 is 0 Å². The first kappa shape index (κ1) is 16.4. The second-order valence-corrected chi connectivity index (χ2v) is 6.61. The Hall–Kier alpha value is -1.96. The molecule has 2 aromatic rings. The zero-order valence-electron chi connectivity index (χ0n) is 12.0. The lowest BCUT2D eigenvalue weighted by Crippen LogP contribution is -2.26. The van der Waals surface area contributed by atoms with E-state index in [-0.39, 0.29) is 23.6 Å². The van der Waals surface area contributed by atoms with E-state index in [1.807, 2.05) is 0 Å². The van der Waals surface area contributed by atoms with E-state index in [4.69, 9.17) is 4.42 Å². The predicted octanol–water partition coefficient (Wildman–Crippen LogP) is 1.88. The Labute approximate surface area is 128 Å². The van der Waals surface area contributed by atoms with Crippen LogP contribution in [-0.2, 0) is 10.0 Å². The molecule has 0 radical (unpaired) electrons. The fourth-order valence-corrected chi connectivity index (χ4v) is 2.96. The Kier molecular flexibility index (Phi) is 5.12. The smallest absolute Gasteiger partial charge is 0.240 e. The van der Waals surface area contributed by atoms with Gasteiger partial charge in [-0.2, -0.15) is 0 Å². The van der Waals surface area contributed by atoms with Crippen LogP contribution in [0, 0.1) is 0 Å². The van der Waals surface area contributed by atoms with Gasteiger partial charge in [-0.1, -0.05) is 12.1 Å². The molecule has 1 aromatic carbocycles. The second-order valence-electron chi connectivity index (χ2n) is 4.84. The van der Waals surface area contributed by atoms with Gasteiger partial charge in [-0.25, -0.2) is 13.1 Å². The third kappa shape index (κ3) is 4.03. The van der Waals surface area contributed by atoms with Crippen LogP contribution in [0.25, 0.3) is 0 Å². The van der Waals surface area contributed by atoms with Gasteiger partial charge in [-0.05, 0) is 31.5 Å². The minimum absolute atomic E-state index is 0.0790. The number of sulfonamides is 1. The average Bonchev–Trinajstić information content (AvgIpc) is 3.01. The summed E-state index contributed by atoms with van der Waals surface area (Å²) in [5.74, 6) is -0.125. The fraction of sp³-hybridized carbons (Fsp3) is 0.267. The lowest BCUT2D eigenvalue weighted by atomic mass is 10.1. The molecule has 0 unspecified atom stereocenters. The van der Waals surface area contributed by atoms with E-state index >= 15 is 0 Å². The van der Waals surface area contributed by atoms with E-state index in [1.54, 1.807) is 6.07 Å². The molecule has 0 aliphatic heterocycles. The SMILES string of the molecule is CC(=O)c1ccc(S(=O)(=O)NCC[C@@H](O)c2ccoc2)cc1.